The molecule has 0 radical (unpaired) electrons. The van der Waals surface area contributed by atoms with Gasteiger partial charge in [-0.05, 0) is 65.4 Å². The smallest absolute Gasteiger partial charge is 0.195 e. The molecule has 3 aromatic rings. The van der Waals surface area contributed by atoms with Gasteiger partial charge in [-0.25, -0.2) is 0 Å². The molecule has 0 fully saturated rings. The monoisotopic (exact) mass is 396 g/mol. The number of pyridine rings is 1. The maximum absolute atomic E-state index is 12.9. The van der Waals surface area contributed by atoms with Crippen molar-refractivity contribution in [3.8, 4) is 0 Å². The van der Waals surface area contributed by atoms with E-state index in [0.717, 1.165) is 10.6 Å². The van der Waals surface area contributed by atoms with E-state index >= 15 is 0 Å². The predicted octanol–water partition coefficient (Wildman–Crippen LogP) is 6.38. The molecule has 1 heterocycles. The Kier molecular flexibility index (Phi) is 5.88. The second-order valence-corrected chi connectivity index (χ2v) is 8.55. The first-order valence-electron chi connectivity index (χ1n) is 8.62. The van der Waals surface area contributed by atoms with E-state index in [2.05, 4.69) is 54.7 Å². The van der Waals surface area contributed by atoms with Gasteiger partial charge in [0.1, 0.15) is 0 Å². The van der Waals surface area contributed by atoms with E-state index in [4.69, 9.17) is 11.6 Å². The van der Waals surface area contributed by atoms with Gasteiger partial charge in [0.25, 0.3) is 0 Å². The van der Waals surface area contributed by atoms with Crippen LogP contribution >= 0.6 is 23.5 Å². The minimum absolute atomic E-state index is 0.0916. The van der Waals surface area contributed by atoms with Crippen molar-refractivity contribution < 1.29 is 4.79 Å². The minimum Gasteiger partial charge on any atom is -0.325 e. The molecule has 0 saturated heterocycles. The van der Waals surface area contributed by atoms with Crippen LogP contribution in [0.3, 0.4) is 0 Å². The third-order valence-electron chi connectivity index (χ3n) is 4.17. The van der Waals surface area contributed by atoms with Crippen molar-refractivity contribution in [2.24, 2.45) is 0 Å². The summed E-state index contributed by atoms with van der Waals surface area (Å²) in [5.74, 6) is -0.0916. The van der Waals surface area contributed by atoms with Gasteiger partial charge in [0, 0.05) is 33.4 Å². The maximum atomic E-state index is 12.9. The summed E-state index contributed by atoms with van der Waals surface area (Å²) in [5, 5.41) is 0.525. The Morgan fingerprint density at radius 2 is 1.67 bits per heavy atom. The molecule has 5 heteroatoms. The first kappa shape index (κ1) is 19.5. The number of carbonyl (C=O) groups excluding carboxylic acids is 1. The first-order chi connectivity index (χ1) is 12.8. The lowest BCUT2D eigenvalue weighted by Crippen LogP contribution is -2.10. The molecule has 0 aliphatic heterocycles. The highest BCUT2D eigenvalue weighted by atomic mass is 35.5. The molecule has 3 rings (SSSR count). The second-order valence-electron chi connectivity index (χ2n) is 7.23. The van der Waals surface area contributed by atoms with Gasteiger partial charge in [0.2, 0.25) is 0 Å². The Balaban J connectivity index is 1.80. The van der Waals surface area contributed by atoms with E-state index in [1.54, 1.807) is 36.7 Å². The standard InChI is InChI=1S/C22H21ClN2OS/c1-22(2,3)16-4-7-18(8-5-16)27-25-20-9-6-17(23)14-19(20)21(26)15-10-12-24-13-11-15/h4-14,25H,1-3H3. The number of hydrogen-bond acceptors (Lipinski definition) is 4. The second kappa shape index (κ2) is 8.15. The third kappa shape index (κ3) is 4.90. The van der Waals surface area contributed by atoms with Crippen molar-refractivity contribution in [1.29, 1.82) is 0 Å². The van der Waals surface area contributed by atoms with Gasteiger partial charge < -0.3 is 4.72 Å². The van der Waals surface area contributed by atoms with Crippen LogP contribution in [0.15, 0.2) is 71.9 Å². The molecule has 2 aromatic carbocycles. The van der Waals surface area contributed by atoms with E-state index in [9.17, 15) is 4.79 Å². The van der Waals surface area contributed by atoms with Crippen molar-refractivity contribution >= 4 is 35.0 Å². The van der Waals surface area contributed by atoms with E-state index in [1.165, 1.54) is 17.5 Å². The molecule has 0 amide bonds. The molecular weight excluding hydrogens is 376 g/mol. The quantitative estimate of drug-likeness (QED) is 0.401. The van der Waals surface area contributed by atoms with Gasteiger partial charge in [-0.15, -0.1) is 0 Å². The molecule has 0 atom stereocenters. The highest BCUT2D eigenvalue weighted by molar-refractivity contribution is 8.00. The molecule has 0 aliphatic carbocycles. The highest BCUT2D eigenvalue weighted by Crippen LogP contribution is 2.30. The number of ketones is 1. The molecule has 0 saturated carbocycles. The van der Waals surface area contributed by atoms with Crippen LogP contribution in [-0.2, 0) is 5.41 Å². The summed E-state index contributed by atoms with van der Waals surface area (Å²) < 4.78 is 3.29. The Morgan fingerprint density at radius 3 is 2.30 bits per heavy atom. The minimum atomic E-state index is -0.0916. The molecule has 0 spiro atoms. The lowest BCUT2D eigenvalue weighted by atomic mass is 9.87. The number of rotatable bonds is 5. The van der Waals surface area contributed by atoms with Crippen molar-refractivity contribution in [1.82, 2.24) is 4.98 Å². The van der Waals surface area contributed by atoms with Crippen molar-refractivity contribution in [2.45, 2.75) is 31.1 Å². The molecule has 0 bridgehead atoms. The molecule has 1 aromatic heterocycles. The van der Waals surface area contributed by atoms with Crippen LogP contribution in [0.25, 0.3) is 0 Å². The average Bonchev–Trinajstić information content (AvgIpc) is 2.66. The topological polar surface area (TPSA) is 42.0 Å². The fraction of sp³-hybridized carbons (Fsp3) is 0.182. The van der Waals surface area contributed by atoms with E-state index in [0.29, 0.717) is 16.1 Å². The van der Waals surface area contributed by atoms with Crippen LogP contribution in [-0.4, -0.2) is 10.8 Å². The zero-order chi connectivity index (χ0) is 19.4. The average molecular weight is 397 g/mol. The van der Waals surface area contributed by atoms with Gasteiger partial charge >= 0.3 is 0 Å². The van der Waals surface area contributed by atoms with Crippen LogP contribution in [0.2, 0.25) is 5.02 Å². The number of aromatic nitrogens is 1. The number of carbonyl (C=O) groups is 1. The fourth-order valence-corrected chi connectivity index (χ4v) is 3.44. The molecule has 0 unspecified atom stereocenters. The highest BCUT2D eigenvalue weighted by Gasteiger charge is 2.15. The van der Waals surface area contributed by atoms with Gasteiger partial charge in [0.05, 0.1) is 5.69 Å². The van der Waals surface area contributed by atoms with Crippen LogP contribution in [0.1, 0.15) is 42.3 Å². The van der Waals surface area contributed by atoms with Crippen LogP contribution < -0.4 is 4.72 Å². The molecule has 0 aliphatic rings. The Bertz CT molecular complexity index is 935. The number of anilines is 1. The predicted molar refractivity (Wildman–Crippen MR) is 114 cm³/mol. The molecule has 3 nitrogen and oxygen atoms in total. The summed E-state index contributed by atoms with van der Waals surface area (Å²) in [6.45, 7) is 6.58. The number of nitrogens with zero attached hydrogens (tertiary/aromatic N) is 1. The third-order valence-corrected chi connectivity index (χ3v) is 5.23. The van der Waals surface area contributed by atoms with Crippen molar-refractivity contribution in [3.63, 3.8) is 0 Å². The number of nitrogens with one attached hydrogen (secondary N) is 1. The fourth-order valence-electron chi connectivity index (χ4n) is 2.59. The van der Waals surface area contributed by atoms with E-state index in [1.807, 2.05) is 6.07 Å². The molecule has 1 N–H and O–H groups in total. The molecular formula is C22H21ClN2OS. The summed E-state index contributed by atoms with van der Waals surface area (Å²) in [7, 11) is 0. The largest absolute Gasteiger partial charge is 0.325 e. The van der Waals surface area contributed by atoms with Crippen molar-refractivity contribution in [3.05, 3.63) is 88.7 Å². The number of hydrogen-bond donors (Lipinski definition) is 1. The number of halogens is 1. The maximum Gasteiger partial charge on any atom is 0.195 e. The summed E-state index contributed by atoms with van der Waals surface area (Å²) in [6, 6.07) is 17.1. The summed E-state index contributed by atoms with van der Waals surface area (Å²) in [6.07, 6.45) is 3.22. The van der Waals surface area contributed by atoms with Gasteiger partial charge in [-0.2, -0.15) is 0 Å². The van der Waals surface area contributed by atoms with E-state index in [-0.39, 0.29) is 11.2 Å². The first-order valence-corrected chi connectivity index (χ1v) is 9.82. The Morgan fingerprint density at radius 1 is 1.00 bits per heavy atom. The molecule has 138 valence electrons. The summed E-state index contributed by atoms with van der Waals surface area (Å²) in [5.41, 5.74) is 3.25. The Labute approximate surface area is 169 Å². The van der Waals surface area contributed by atoms with Crippen LogP contribution in [0, 0.1) is 0 Å². The van der Waals surface area contributed by atoms with E-state index < -0.39 is 0 Å². The van der Waals surface area contributed by atoms with Gasteiger partial charge in [-0.1, -0.05) is 44.5 Å². The lowest BCUT2D eigenvalue weighted by molar-refractivity contribution is 0.103. The summed E-state index contributed by atoms with van der Waals surface area (Å²) in [4.78, 5) is 17.9. The molecule has 27 heavy (non-hydrogen) atoms. The zero-order valence-corrected chi connectivity index (χ0v) is 17.1. The van der Waals surface area contributed by atoms with Crippen LogP contribution in [0.4, 0.5) is 5.69 Å². The zero-order valence-electron chi connectivity index (χ0n) is 15.5. The normalized spacial score (nSPS) is 11.3. The van der Waals surface area contributed by atoms with Gasteiger partial charge in [-0.3, -0.25) is 9.78 Å². The van der Waals surface area contributed by atoms with Crippen molar-refractivity contribution in [2.75, 3.05) is 4.72 Å². The summed E-state index contributed by atoms with van der Waals surface area (Å²) >= 11 is 7.59. The van der Waals surface area contributed by atoms with Crippen LogP contribution in [0.5, 0.6) is 0 Å². The lowest BCUT2D eigenvalue weighted by Gasteiger charge is -2.19. The SMILES string of the molecule is CC(C)(C)c1ccc(SNc2ccc(Cl)cc2C(=O)c2ccncc2)cc1. The van der Waals surface area contributed by atoms with Gasteiger partial charge in [0.15, 0.2) is 5.78 Å². The number of benzene rings is 2. The Hall–Kier alpha value is -2.30.